The summed E-state index contributed by atoms with van der Waals surface area (Å²) in [6, 6.07) is 0.818. The number of aromatic nitrogens is 2. The van der Waals surface area contributed by atoms with E-state index in [2.05, 4.69) is 25.0 Å². The van der Waals surface area contributed by atoms with E-state index in [0.29, 0.717) is 4.57 Å². The molecule has 0 saturated carbocycles. The number of alkyl halides is 1. The normalized spacial score (nSPS) is 30.7. The number of ether oxygens (including phenoxy) is 1. The van der Waals surface area contributed by atoms with Gasteiger partial charge in [-0.15, -0.1) is 5.92 Å². The van der Waals surface area contributed by atoms with E-state index >= 15 is 0 Å². The van der Waals surface area contributed by atoms with Gasteiger partial charge in [0.05, 0.1) is 6.61 Å². The molecule has 1 aromatic heterocycles. The van der Waals surface area contributed by atoms with Gasteiger partial charge in [0.15, 0.2) is 17.4 Å². The Hall–Kier alpha value is -1.54. The van der Waals surface area contributed by atoms with Gasteiger partial charge in [0.1, 0.15) is 12.8 Å². The fourth-order valence-corrected chi connectivity index (χ4v) is 5.95. The summed E-state index contributed by atoms with van der Waals surface area (Å²) in [5.74, 6) is 4.33. The summed E-state index contributed by atoms with van der Waals surface area (Å²) < 4.78 is 65.3. The van der Waals surface area contributed by atoms with Crippen LogP contribution in [0.25, 0.3) is 0 Å². The molecule has 17 nitrogen and oxygen atoms in total. The van der Waals surface area contributed by atoms with Crippen molar-refractivity contribution in [3.8, 4) is 11.8 Å². The largest absolute Gasteiger partial charge is 0.490 e. The number of nitrogens with zero attached hydrogens (tertiary/aromatic N) is 1. The Morgan fingerprint density at radius 2 is 1.82 bits per heavy atom. The van der Waals surface area contributed by atoms with E-state index in [0.717, 1.165) is 12.3 Å². The van der Waals surface area contributed by atoms with Crippen LogP contribution in [-0.2, 0) is 31.6 Å². The number of nitrogens with one attached hydrogen (secondary N) is 1. The molecule has 6 atom stereocenters. The number of phosphoric acid groups is 3. The number of aromatic amines is 1. The highest BCUT2D eigenvalue weighted by molar-refractivity contribution is 7.66. The van der Waals surface area contributed by atoms with Crippen LogP contribution in [0.15, 0.2) is 21.9 Å². The number of H-pyrrole nitrogens is 1. The monoisotopic (exact) mass is 554 g/mol. The topological polar surface area (TPSA) is 264 Å². The van der Waals surface area contributed by atoms with E-state index in [1.807, 2.05) is 4.98 Å². The van der Waals surface area contributed by atoms with Crippen molar-refractivity contribution in [1.82, 2.24) is 9.55 Å². The minimum atomic E-state index is -5.90. The third-order valence-corrected chi connectivity index (χ3v) is 7.96. The van der Waals surface area contributed by atoms with Crippen LogP contribution in [0.1, 0.15) is 13.2 Å². The number of hydrogen-bond donors (Lipinski definition) is 7. The maximum Gasteiger partial charge on any atom is 0.490 e. The quantitative estimate of drug-likeness (QED) is 0.132. The van der Waals surface area contributed by atoms with Crippen LogP contribution in [-0.4, -0.2) is 69.9 Å². The number of aliphatic hydroxyl groups excluding tert-OH is 1. The van der Waals surface area contributed by atoms with Crippen LogP contribution < -0.4 is 11.2 Å². The molecule has 2 heterocycles. The Morgan fingerprint density at radius 3 is 2.32 bits per heavy atom. The predicted octanol–water partition coefficient (Wildman–Crippen LogP) is -1.77. The van der Waals surface area contributed by atoms with Crippen molar-refractivity contribution in [2.24, 2.45) is 0 Å². The molecular formula is C13H18FN2O15P3. The molecule has 1 aromatic rings. The smallest absolute Gasteiger partial charge is 0.386 e. The summed E-state index contributed by atoms with van der Waals surface area (Å²) in [6.45, 7) is -2.08. The summed E-state index contributed by atoms with van der Waals surface area (Å²) in [7, 11) is -17.3. The zero-order valence-electron chi connectivity index (χ0n) is 16.7. The van der Waals surface area contributed by atoms with Gasteiger partial charge >= 0.3 is 29.2 Å². The van der Waals surface area contributed by atoms with Crippen molar-refractivity contribution in [2.75, 3.05) is 13.3 Å². The molecule has 1 aliphatic heterocycles. The maximum absolute atomic E-state index is 14.1. The average molecular weight is 554 g/mol. The van der Waals surface area contributed by atoms with Crippen molar-refractivity contribution in [2.45, 2.75) is 30.5 Å². The lowest BCUT2D eigenvalue weighted by atomic mass is 9.87. The molecular weight excluding hydrogens is 536 g/mol. The van der Waals surface area contributed by atoms with Crippen LogP contribution in [0.4, 0.5) is 4.39 Å². The fraction of sp³-hybridized carbons (Fsp3) is 0.538. The second kappa shape index (κ2) is 9.84. The predicted molar refractivity (Wildman–Crippen MR) is 104 cm³/mol. The molecule has 7 N–H and O–H groups in total. The standard InChI is InChI=1S/C13H18FN2O15P3/c1-2-4-13(20)9(18)12(6-14,29-10(13)16-5-3-8(17)15-11(16)19)7-28-33(24,25)31-34(26,27)30-32(21,22)23/h3,5,9-10,18,20H,6-7H2,1H3,(H,24,25)(H,26,27)(H,15,17,19)(H2,21,22,23)/t9-,10?,12-,13-/m1/s1. The highest BCUT2D eigenvalue weighted by Crippen LogP contribution is 2.66. The molecule has 3 unspecified atom stereocenters. The molecule has 192 valence electrons. The lowest BCUT2D eigenvalue weighted by molar-refractivity contribution is -0.137. The first-order valence-electron chi connectivity index (χ1n) is 8.58. The fourth-order valence-electron chi connectivity index (χ4n) is 2.87. The number of rotatable bonds is 9. The Bertz CT molecular complexity index is 1250. The zero-order valence-corrected chi connectivity index (χ0v) is 19.4. The highest BCUT2D eigenvalue weighted by Gasteiger charge is 2.65. The van der Waals surface area contributed by atoms with Crippen molar-refractivity contribution in [3.63, 3.8) is 0 Å². The van der Waals surface area contributed by atoms with Crippen LogP contribution in [0.3, 0.4) is 0 Å². The molecule has 2 rings (SSSR count). The summed E-state index contributed by atoms with van der Waals surface area (Å²) in [5, 5.41) is 21.5. The Balaban J connectivity index is 2.39. The molecule has 21 heteroatoms. The summed E-state index contributed by atoms with van der Waals surface area (Å²) in [4.78, 5) is 61.1. The Kier molecular flexibility index (Phi) is 8.31. The summed E-state index contributed by atoms with van der Waals surface area (Å²) in [6.07, 6.45) is -3.61. The minimum absolute atomic E-state index is 0.525. The van der Waals surface area contributed by atoms with Gasteiger partial charge < -0.3 is 34.5 Å². The van der Waals surface area contributed by atoms with Gasteiger partial charge in [0, 0.05) is 12.3 Å². The van der Waals surface area contributed by atoms with E-state index in [4.69, 9.17) is 14.5 Å². The summed E-state index contributed by atoms with van der Waals surface area (Å²) >= 11 is 0. The molecule has 1 saturated heterocycles. The Morgan fingerprint density at radius 1 is 1.21 bits per heavy atom. The number of halogens is 1. The molecule has 0 amide bonds. The molecule has 0 aromatic carbocycles. The molecule has 0 aliphatic carbocycles. The highest BCUT2D eigenvalue weighted by atomic mass is 31.3. The number of phosphoric ester groups is 1. The third kappa shape index (κ3) is 6.36. The first-order chi connectivity index (χ1) is 15.4. The number of aliphatic hydroxyl groups is 2. The Labute approximate surface area is 188 Å². The first-order valence-corrected chi connectivity index (χ1v) is 13.1. The second-order valence-corrected chi connectivity index (χ2v) is 11.1. The van der Waals surface area contributed by atoms with Crippen molar-refractivity contribution in [3.05, 3.63) is 33.1 Å². The molecule has 0 spiro atoms. The first kappa shape index (κ1) is 28.7. The van der Waals surface area contributed by atoms with Crippen LogP contribution >= 0.6 is 23.5 Å². The third-order valence-electron chi connectivity index (χ3n) is 4.18. The van der Waals surface area contributed by atoms with Gasteiger partial charge in [-0.2, -0.15) is 8.62 Å². The van der Waals surface area contributed by atoms with Crippen molar-refractivity contribution in [1.29, 1.82) is 0 Å². The maximum atomic E-state index is 14.1. The van der Waals surface area contributed by atoms with Gasteiger partial charge in [-0.1, -0.05) is 5.92 Å². The van der Waals surface area contributed by atoms with Crippen LogP contribution in [0, 0.1) is 11.8 Å². The van der Waals surface area contributed by atoms with Crippen LogP contribution in [0.5, 0.6) is 0 Å². The van der Waals surface area contributed by atoms with E-state index < -0.39 is 71.5 Å². The molecule has 1 fully saturated rings. The van der Waals surface area contributed by atoms with Gasteiger partial charge in [0.25, 0.3) is 5.56 Å². The van der Waals surface area contributed by atoms with E-state index in [-0.39, 0.29) is 0 Å². The van der Waals surface area contributed by atoms with Gasteiger partial charge in [0.2, 0.25) is 0 Å². The van der Waals surface area contributed by atoms with Gasteiger partial charge in [-0.05, 0) is 6.92 Å². The molecule has 1 aliphatic rings. The second-order valence-electron chi connectivity index (χ2n) is 6.65. The SMILES string of the molecule is CC#C[C@]1(O)C(n2ccc(=O)[nH]c2=O)O[C@](CF)(COP(=O)(O)OP(=O)(O)OP(=O)(O)O)[C@H]1O. The average Bonchev–Trinajstić information content (AvgIpc) is 2.86. The van der Waals surface area contributed by atoms with Crippen molar-refractivity contribution >= 4 is 23.5 Å². The van der Waals surface area contributed by atoms with Crippen LogP contribution in [0.2, 0.25) is 0 Å². The van der Waals surface area contributed by atoms with E-state index in [1.54, 1.807) is 0 Å². The molecule has 0 bridgehead atoms. The number of hydrogen-bond acceptors (Lipinski definition) is 11. The minimum Gasteiger partial charge on any atom is -0.386 e. The lowest BCUT2D eigenvalue weighted by Gasteiger charge is -2.30. The lowest BCUT2D eigenvalue weighted by Crippen LogP contribution is -2.54. The zero-order chi connectivity index (χ0) is 26.2. The molecule has 0 radical (unpaired) electrons. The van der Waals surface area contributed by atoms with E-state index in [9.17, 15) is 47.7 Å². The van der Waals surface area contributed by atoms with E-state index in [1.165, 1.54) is 6.92 Å². The van der Waals surface area contributed by atoms with Crippen molar-refractivity contribution < 1.29 is 65.8 Å². The van der Waals surface area contributed by atoms with Gasteiger partial charge in [-0.25, -0.2) is 22.9 Å². The summed E-state index contributed by atoms with van der Waals surface area (Å²) in [5.41, 5.74) is -7.55. The van der Waals surface area contributed by atoms with Gasteiger partial charge in [-0.3, -0.25) is 18.9 Å². The molecule has 34 heavy (non-hydrogen) atoms.